The van der Waals surface area contributed by atoms with Crippen molar-refractivity contribution < 1.29 is 19.4 Å². The van der Waals surface area contributed by atoms with Crippen LogP contribution in [0.2, 0.25) is 0 Å². The van der Waals surface area contributed by atoms with Crippen molar-refractivity contribution >= 4 is 17.5 Å². The number of benzene rings is 1. The Morgan fingerprint density at radius 2 is 1.87 bits per heavy atom. The molecule has 3 heterocycles. The van der Waals surface area contributed by atoms with Crippen molar-refractivity contribution in [3.8, 4) is 6.07 Å². The van der Waals surface area contributed by atoms with E-state index in [-0.39, 0.29) is 18.4 Å². The Morgan fingerprint density at radius 3 is 2.48 bits per heavy atom. The number of hydrogen-bond acceptors (Lipinski definition) is 5. The topological polar surface area (TPSA) is 90.6 Å². The SMILES string of the molecule is C[C@@]12C=C[C@](CO)(O1)[C@@H]1C(=O)N(c3ccc(C#N)cc3)C(=O)[C@@H]12. The van der Waals surface area contributed by atoms with Crippen LogP contribution in [0.4, 0.5) is 5.69 Å². The van der Waals surface area contributed by atoms with Crippen LogP contribution in [0.5, 0.6) is 0 Å². The summed E-state index contributed by atoms with van der Waals surface area (Å²) in [6.07, 6.45) is 3.46. The molecule has 3 aliphatic heterocycles. The molecule has 0 spiro atoms. The minimum absolute atomic E-state index is 0.327. The smallest absolute Gasteiger partial charge is 0.241 e. The van der Waals surface area contributed by atoms with Gasteiger partial charge in [0.15, 0.2) is 0 Å². The fourth-order valence-electron chi connectivity index (χ4n) is 3.98. The quantitative estimate of drug-likeness (QED) is 0.643. The average Bonchev–Trinajstić information content (AvgIpc) is 3.14. The third-order valence-corrected chi connectivity index (χ3v) is 5.06. The Kier molecular flexibility index (Phi) is 2.63. The van der Waals surface area contributed by atoms with Crippen molar-refractivity contribution in [1.82, 2.24) is 0 Å². The Bertz CT molecular complexity index is 794. The first-order valence-electron chi connectivity index (χ1n) is 7.35. The zero-order valence-electron chi connectivity index (χ0n) is 12.4. The number of carbonyl (C=O) groups is 2. The number of imide groups is 1. The summed E-state index contributed by atoms with van der Waals surface area (Å²) in [5, 5.41) is 18.6. The second-order valence-corrected chi connectivity index (χ2v) is 6.36. The van der Waals surface area contributed by atoms with Crippen molar-refractivity contribution in [1.29, 1.82) is 5.26 Å². The van der Waals surface area contributed by atoms with E-state index in [2.05, 4.69) is 0 Å². The van der Waals surface area contributed by atoms with Gasteiger partial charge in [0.25, 0.3) is 0 Å². The molecule has 4 atom stereocenters. The lowest BCUT2D eigenvalue weighted by molar-refractivity contribution is -0.131. The monoisotopic (exact) mass is 310 g/mol. The number of rotatable bonds is 2. The van der Waals surface area contributed by atoms with Crippen LogP contribution in [0.15, 0.2) is 36.4 Å². The van der Waals surface area contributed by atoms with Gasteiger partial charge in [-0.15, -0.1) is 0 Å². The molecule has 6 nitrogen and oxygen atoms in total. The highest BCUT2D eigenvalue weighted by Gasteiger charge is 2.72. The molecular formula is C17H14N2O4. The third-order valence-electron chi connectivity index (χ3n) is 5.06. The van der Waals surface area contributed by atoms with Gasteiger partial charge in [0, 0.05) is 0 Å². The van der Waals surface area contributed by atoms with E-state index in [9.17, 15) is 14.7 Å². The summed E-state index contributed by atoms with van der Waals surface area (Å²) in [5.74, 6) is -2.05. The normalized spacial score (nSPS) is 37.3. The van der Waals surface area contributed by atoms with Gasteiger partial charge in [-0.3, -0.25) is 9.59 Å². The molecule has 4 rings (SSSR count). The summed E-state index contributed by atoms with van der Waals surface area (Å²) in [6, 6.07) is 8.30. The highest BCUT2D eigenvalue weighted by molar-refractivity contribution is 6.23. The maximum absolute atomic E-state index is 12.9. The lowest BCUT2D eigenvalue weighted by Gasteiger charge is -2.26. The van der Waals surface area contributed by atoms with Crippen molar-refractivity contribution in [2.45, 2.75) is 18.1 Å². The Balaban J connectivity index is 1.78. The zero-order chi connectivity index (χ0) is 16.4. The van der Waals surface area contributed by atoms with Gasteiger partial charge in [-0.2, -0.15) is 5.26 Å². The van der Waals surface area contributed by atoms with Crippen LogP contribution in [0.3, 0.4) is 0 Å². The van der Waals surface area contributed by atoms with Crippen LogP contribution in [0.25, 0.3) is 0 Å². The minimum Gasteiger partial charge on any atom is -0.393 e. The lowest BCUT2D eigenvalue weighted by atomic mass is 9.73. The van der Waals surface area contributed by atoms with Crippen molar-refractivity contribution in [2.24, 2.45) is 11.8 Å². The molecule has 1 N–H and O–H groups in total. The van der Waals surface area contributed by atoms with Gasteiger partial charge >= 0.3 is 0 Å². The van der Waals surface area contributed by atoms with Crippen LogP contribution >= 0.6 is 0 Å². The van der Waals surface area contributed by atoms with E-state index in [0.717, 1.165) is 4.90 Å². The molecule has 2 saturated heterocycles. The molecule has 0 radical (unpaired) electrons. The maximum Gasteiger partial charge on any atom is 0.241 e. The standard InChI is InChI=1S/C17H14N2O4/c1-16-6-7-17(9-20,23-16)13-12(16)14(21)19(15(13)22)11-4-2-10(8-18)3-5-11/h2-7,12-13,20H,9H2,1H3/t12-,13+,16+,17-/m1/s1. The number of hydrogen-bond donors (Lipinski definition) is 1. The maximum atomic E-state index is 12.9. The van der Waals surface area contributed by atoms with E-state index < -0.39 is 23.0 Å². The highest BCUT2D eigenvalue weighted by atomic mass is 16.5. The predicted octanol–water partition coefficient (Wildman–Crippen LogP) is 0.754. The van der Waals surface area contributed by atoms with Crippen molar-refractivity contribution in [3.05, 3.63) is 42.0 Å². The number of anilines is 1. The molecule has 2 bridgehead atoms. The van der Waals surface area contributed by atoms with E-state index in [1.165, 1.54) is 0 Å². The van der Waals surface area contributed by atoms with Crippen LogP contribution in [0, 0.1) is 23.2 Å². The molecule has 23 heavy (non-hydrogen) atoms. The molecule has 1 aromatic rings. The molecule has 0 aromatic heterocycles. The largest absolute Gasteiger partial charge is 0.393 e. The van der Waals surface area contributed by atoms with Crippen molar-refractivity contribution in [2.75, 3.05) is 11.5 Å². The van der Waals surface area contributed by atoms with Gasteiger partial charge in [0.05, 0.1) is 41.4 Å². The number of fused-ring (bicyclic) bond motifs is 5. The number of nitrogens with zero attached hydrogens (tertiary/aromatic N) is 2. The molecule has 3 aliphatic rings. The lowest BCUT2D eigenvalue weighted by Crippen LogP contribution is -2.43. The molecule has 116 valence electrons. The van der Waals surface area contributed by atoms with Gasteiger partial charge in [0.1, 0.15) is 5.60 Å². The van der Waals surface area contributed by atoms with E-state index in [1.807, 2.05) is 6.07 Å². The van der Waals surface area contributed by atoms with Gasteiger partial charge in [-0.1, -0.05) is 12.2 Å². The zero-order valence-corrected chi connectivity index (χ0v) is 12.4. The van der Waals surface area contributed by atoms with Gasteiger partial charge in [0.2, 0.25) is 11.8 Å². The first-order chi connectivity index (χ1) is 11.0. The summed E-state index contributed by atoms with van der Waals surface area (Å²) in [5.41, 5.74) is -1.10. The fourth-order valence-corrected chi connectivity index (χ4v) is 3.98. The molecule has 0 unspecified atom stereocenters. The summed E-state index contributed by atoms with van der Waals surface area (Å²) in [7, 11) is 0. The van der Waals surface area contributed by atoms with Crippen LogP contribution in [0.1, 0.15) is 12.5 Å². The molecule has 2 fully saturated rings. The number of aliphatic hydroxyl groups is 1. The highest BCUT2D eigenvalue weighted by Crippen LogP contribution is 2.57. The molecule has 6 heteroatoms. The third kappa shape index (κ3) is 1.58. The molecular weight excluding hydrogens is 296 g/mol. The van der Waals surface area contributed by atoms with E-state index in [4.69, 9.17) is 10.00 Å². The number of ether oxygens (including phenoxy) is 1. The Hall–Kier alpha value is -2.49. The molecule has 1 aromatic carbocycles. The fraction of sp³-hybridized carbons (Fsp3) is 0.353. The number of amides is 2. The van der Waals surface area contributed by atoms with Crippen molar-refractivity contribution in [3.63, 3.8) is 0 Å². The van der Waals surface area contributed by atoms with E-state index >= 15 is 0 Å². The summed E-state index contributed by atoms with van der Waals surface area (Å²) in [6.45, 7) is 1.42. The first-order valence-corrected chi connectivity index (χ1v) is 7.35. The van der Waals surface area contributed by atoms with Crippen LogP contribution in [-0.2, 0) is 14.3 Å². The number of carbonyl (C=O) groups excluding carboxylic acids is 2. The van der Waals surface area contributed by atoms with E-state index in [1.54, 1.807) is 43.3 Å². The second kappa shape index (κ2) is 4.28. The number of nitriles is 1. The summed E-state index contributed by atoms with van der Waals surface area (Å²) < 4.78 is 5.85. The molecule has 0 saturated carbocycles. The molecule has 2 amide bonds. The minimum atomic E-state index is -1.12. The van der Waals surface area contributed by atoms with Crippen LogP contribution < -0.4 is 4.90 Å². The predicted molar refractivity (Wildman–Crippen MR) is 79.1 cm³/mol. The Morgan fingerprint density at radius 1 is 1.22 bits per heavy atom. The summed E-state index contributed by atoms with van der Waals surface area (Å²) >= 11 is 0. The summed E-state index contributed by atoms with van der Waals surface area (Å²) in [4.78, 5) is 26.9. The van der Waals surface area contributed by atoms with Gasteiger partial charge < -0.3 is 9.84 Å². The average molecular weight is 310 g/mol. The first kappa shape index (κ1) is 14.1. The second-order valence-electron chi connectivity index (χ2n) is 6.36. The van der Waals surface area contributed by atoms with Crippen LogP contribution in [-0.4, -0.2) is 34.7 Å². The van der Waals surface area contributed by atoms with Gasteiger partial charge in [-0.05, 0) is 31.2 Å². The van der Waals surface area contributed by atoms with E-state index in [0.29, 0.717) is 11.3 Å². The number of aliphatic hydroxyl groups excluding tert-OH is 1. The molecule has 0 aliphatic carbocycles. The Labute approximate surface area is 132 Å². The van der Waals surface area contributed by atoms with Gasteiger partial charge in [-0.25, -0.2) is 4.90 Å².